The molecule has 9 rings (SSSR count). The molecule has 0 aliphatic heterocycles. The van der Waals surface area contributed by atoms with Crippen LogP contribution in [0.3, 0.4) is 0 Å². The quantitative estimate of drug-likeness (QED) is 0.0303. The third-order valence-corrected chi connectivity index (χ3v) is 43.3. The Morgan fingerprint density at radius 1 is 0.320 bits per heavy atom. The first-order valence-electron chi connectivity index (χ1n) is 37.8. The Hall–Kier alpha value is -5.77. The first-order valence-corrected chi connectivity index (χ1v) is 47.6. The zero-order chi connectivity index (χ0) is 70.8. The molecule has 0 spiro atoms. The molecule has 0 N–H and O–H groups in total. The van der Waals surface area contributed by atoms with Crippen LogP contribution in [0.4, 0.5) is 34.1 Å². The van der Waals surface area contributed by atoms with Crippen molar-refractivity contribution >= 4 is 102 Å². The van der Waals surface area contributed by atoms with Gasteiger partial charge in [0.05, 0.1) is 27.5 Å². The van der Waals surface area contributed by atoms with Crippen LogP contribution in [0.1, 0.15) is 194 Å². The predicted octanol–water partition coefficient (Wildman–Crippen LogP) is 27.7. The van der Waals surface area contributed by atoms with Gasteiger partial charge in [0.1, 0.15) is 0 Å². The fraction of sp³-hybridized carbons (Fsp3) is 0.451. The molecule has 520 valence electrons. The summed E-state index contributed by atoms with van der Waals surface area (Å²) in [4.78, 5) is 8.83. The van der Waals surface area contributed by atoms with Crippen molar-refractivity contribution in [1.82, 2.24) is 0 Å². The molecule has 0 saturated heterocycles. The first kappa shape index (κ1) is 75.4. The van der Waals surface area contributed by atoms with Crippen LogP contribution >= 0.6 is 20.1 Å². The highest BCUT2D eigenvalue weighted by atomic mass is 32.3. The Morgan fingerprint density at radius 3 is 1.00 bits per heavy atom. The van der Waals surface area contributed by atoms with Crippen LogP contribution in [0, 0.1) is 0 Å². The molecule has 97 heavy (non-hydrogen) atoms. The lowest BCUT2D eigenvalue weighted by Gasteiger charge is -2.41. The molecule has 0 heterocycles. The Bertz CT molecular complexity index is 4090. The average molecular weight is 1370 g/mol. The maximum absolute atomic E-state index is 2.84. The summed E-state index contributed by atoms with van der Waals surface area (Å²) in [6, 6.07) is 75.8. The standard InChI is InChI=1S/C91H126N2S2Si2/c1-25-51-91(22,23)73-55-72(90(19,20)21)58-75(59-73)93(76-60-78(94(26-2,27-3)28-4)64-80(62-76)96(24,32-8)33-9)87-83-50-48-68(66-43-39-37-40-44-66)52-84(83)86(82-49-47-69(53-85(82)87)67-45-41-38-42-46-67)92(74-56-70(88(13,14)15)54-71(57-74)89(16,17)18)77-61-79(95(29-5,30-6)31-7)65-81(63-77)97(34-10,35-11)36-12/h37-50,52-65H,25-36,51H2,1-24H3. The maximum atomic E-state index is 2.84. The van der Waals surface area contributed by atoms with E-state index in [0.717, 1.165) is 12.8 Å². The molecule has 0 bridgehead atoms. The van der Waals surface area contributed by atoms with E-state index < -0.39 is 36.2 Å². The number of nitrogens with zero attached hydrogens (tertiary/aromatic N) is 2. The third-order valence-electron chi connectivity index (χ3n) is 23.8. The van der Waals surface area contributed by atoms with Crippen molar-refractivity contribution in [2.75, 3.05) is 44.3 Å². The first-order chi connectivity index (χ1) is 45.9. The van der Waals surface area contributed by atoms with Crippen molar-refractivity contribution in [1.29, 1.82) is 0 Å². The number of benzene rings is 9. The maximum Gasteiger partial charge on any atom is 0.0860 e. The van der Waals surface area contributed by atoms with Gasteiger partial charge in [-0.15, -0.1) is 0 Å². The SMILES string of the molecule is CCCC(C)(C)c1cc(N(c2cc([Si](C)(CC)CC)cc(S(CC)(CC)CC)c2)c2c3ccc(-c4ccccc4)cc3c(N(c3cc(C(C)(C)C)cc(C(C)(C)C)c3)c3cc([Si](CC)(CC)CC)cc(S(CC)(CC)CC)c3)c3ccc(-c4ccccc4)cc23)cc(C(C)(C)C)c1. The van der Waals surface area contributed by atoms with Gasteiger partial charge in [-0.05, 0) is 178 Å². The molecule has 0 aliphatic rings. The van der Waals surface area contributed by atoms with Crippen LogP contribution in [0.15, 0.2) is 180 Å². The number of hydrogen-bond donors (Lipinski definition) is 0. The van der Waals surface area contributed by atoms with Crippen LogP contribution in [-0.2, 0) is 21.7 Å². The molecule has 0 amide bonds. The predicted molar refractivity (Wildman–Crippen MR) is 450 cm³/mol. The van der Waals surface area contributed by atoms with Gasteiger partial charge in [-0.2, -0.15) is 0 Å². The second-order valence-corrected chi connectivity index (χ2v) is 51.4. The average Bonchev–Trinajstić information content (AvgIpc) is 0.728. The van der Waals surface area contributed by atoms with Crippen molar-refractivity contribution in [3.63, 3.8) is 0 Å². The summed E-state index contributed by atoms with van der Waals surface area (Å²) in [5, 5.41) is 8.22. The van der Waals surface area contributed by atoms with E-state index in [9.17, 15) is 0 Å². The molecule has 6 heteroatoms. The van der Waals surface area contributed by atoms with Crippen LogP contribution in [0.25, 0.3) is 43.8 Å². The lowest BCUT2D eigenvalue weighted by molar-refractivity contribution is 0.471. The van der Waals surface area contributed by atoms with Gasteiger partial charge < -0.3 is 9.80 Å². The van der Waals surface area contributed by atoms with Crippen LogP contribution in [-0.4, -0.2) is 50.7 Å². The zero-order valence-electron chi connectivity index (χ0n) is 65.1. The number of rotatable bonds is 26. The molecule has 9 aromatic rings. The molecule has 0 atom stereocenters. The second-order valence-electron chi connectivity index (χ2n) is 32.4. The fourth-order valence-electron chi connectivity index (χ4n) is 15.9. The molecule has 0 saturated carbocycles. The van der Waals surface area contributed by atoms with E-state index in [2.05, 4.69) is 345 Å². The fourth-order valence-corrected chi connectivity index (χ4v) is 28.0. The minimum Gasteiger partial charge on any atom is -0.309 e. The molecule has 0 radical (unpaired) electrons. The van der Waals surface area contributed by atoms with Crippen molar-refractivity contribution in [2.24, 2.45) is 0 Å². The van der Waals surface area contributed by atoms with Gasteiger partial charge in [-0.1, -0.05) is 322 Å². The van der Waals surface area contributed by atoms with Gasteiger partial charge in [0, 0.05) is 44.3 Å². The molecule has 2 nitrogen and oxygen atoms in total. The van der Waals surface area contributed by atoms with E-state index in [4.69, 9.17) is 0 Å². The summed E-state index contributed by atoms with van der Waals surface area (Å²) in [6.45, 7) is 59.3. The van der Waals surface area contributed by atoms with E-state index in [1.54, 1.807) is 20.2 Å². The van der Waals surface area contributed by atoms with E-state index in [0.29, 0.717) is 0 Å². The summed E-state index contributed by atoms with van der Waals surface area (Å²) in [7, 11) is -6.42. The lowest BCUT2D eigenvalue weighted by Crippen LogP contribution is -2.46. The zero-order valence-corrected chi connectivity index (χ0v) is 68.7. The number of fused-ring (bicyclic) bond motifs is 2. The van der Waals surface area contributed by atoms with Gasteiger partial charge in [0.2, 0.25) is 0 Å². The Morgan fingerprint density at radius 2 is 0.660 bits per heavy atom. The number of hydrogen-bond acceptors (Lipinski definition) is 2. The van der Waals surface area contributed by atoms with Crippen molar-refractivity contribution < 1.29 is 0 Å². The van der Waals surface area contributed by atoms with Gasteiger partial charge in [-0.25, -0.2) is 20.1 Å². The highest BCUT2D eigenvalue weighted by Gasteiger charge is 2.37. The van der Waals surface area contributed by atoms with E-state index in [1.807, 2.05) is 0 Å². The van der Waals surface area contributed by atoms with E-state index >= 15 is 0 Å². The minimum atomic E-state index is -2.02. The second kappa shape index (κ2) is 29.8. The molecule has 0 fully saturated rings. The van der Waals surface area contributed by atoms with Crippen LogP contribution < -0.4 is 20.2 Å². The Balaban J connectivity index is 1.67. The number of anilines is 6. The molecule has 9 aromatic carbocycles. The van der Waals surface area contributed by atoms with Crippen molar-refractivity contribution in [2.45, 2.75) is 240 Å². The summed E-state index contributed by atoms with van der Waals surface area (Å²) in [5.41, 5.74) is 17.4. The molecule has 0 aromatic heterocycles. The Labute approximate surface area is 596 Å². The summed E-state index contributed by atoms with van der Waals surface area (Å²) in [6.07, 6.45) is 2.21. The normalized spacial score (nSPS) is 13.4. The van der Waals surface area contributed by atoms with Crippen LogP contribution in [0.5, 0.6) is 0 Å². The highest BCUT2D eigenvalue weighted by molar-refractivity contribution is 8.34. The molecule has 0 unspecified atom stereocenters. The molecular weight excluding hydrogens is 1240 g/mol. The minimum absolute atomic E-state index is 0.0773. The van der Waals surface area contributed by atoms with Crippen molar-refractivity contribution in [3.05, 3.63) is 192 Å². The summed E-state index contributed by atoms with van der Waals surface area (Å²) in [5.74, 6) is 7.00. The lowest BCUT2D eigenvalue weighted by atomic mass is 9.77. The molecular formula is C91H126N2S2Si2. The van der Waals surface area contributed by atoms with Crippen molar-refractivity contribution in [3.8, 4) is 22.3 Å². The van der Waals surface area contributed by atoms with Gasteiger partial charge in [0.25, 0.3) is 0 Å². The van der Waals surface area contributed by atoms with E-state index in [1.165, 1.54) is 165 Å². The topological polar surface area (TPSA) is 6.48 Å². The van der Waals surface area contributed by atoms with Gasteiger partial charge in [0.15, 0.2) is 0 Å². The summed E-state index contributed by atoms with van der Waals surface area (Å²) < 4.78 is 0. The highest BCUT2D eigenvalue weighted by Crippen LogP contribution is 2.60. The van der Waals surface area contributed by atoms with Gasteiger partial charge in [-0.3, -0.25) is 0 Å². The molecule has 0 aliphatic carbocycles. The largest absolute Gasteiger partial charge is 0.309 e. The van der Waals surface area contributed by atoms with Crippen LogP contribution in [0.2, 0.25) is 36.8 Å². The Kier molecular flexibility index (Phi) is 23.2. The van der Waals surface area contributed by atoms with Gasteiger partial charge >= 0.3 is 0 Å². The van der Waals surface area contributed by atoms with E-state index in [-0.39, 0.29) is 21.7 Å². The third kappa shape index (κ3) is 14.9. The monoisotopic (exact) mass is 1370 g/mol. The smallest absolute Gasteiger partial charge is 0.0860 e. The summed E-state index contributed by atoms with van der Waals surface area (Å²) >= 11 is 0.